The molecular weight excluding hydrogens is 529 g/mol. The largest absolute Gasteiger partial charge is 1.00 e. The van der Waals surface area contributed by atoms with Gasteiger partial charge in [0.2, 0.25) is 0 Å². The van der Waals surface area contributed by atoms with E-state index in [-0.39, 0.29) is 29.6 Å². The van der Waals surface area contributed by atoms with Gasteiger partial charge in [0, 0.05) is 22.6 Å². The zero-order valence-corrected chi connectivity index (χ0v) is 21.5. The van der Waals surface area contributed by atoms with Crippen LogP contribution in [-0.4, -0.2) is 32.8 Å². The van der Waals surface area contributed by atoms with Crippen LogP contribution in [0, 0.1) is 0 Å². The third-order valence-corrected chi connectivity index (χ3v) is 5.57. The van der Waals surface area contributed by atoms with Crippen LogP contribution in [0.2, 0.25) is 0 Å². The van der Waals surface area contributed by atoms with Gasteiger partial charge in [-0.3, -0.25) is 0 Å². The fourth-order valence-corrected chi connectivity index (χ4v) is 4.07. The number of halogens is 1. The standard InChI is InChI=1S/C27H28NO4.HI/c1-28(2,17-19-8-6-5-7-9-19)18-20-10-12-21(13-11-20)23-14-22-15-25(30-3)26(31-4)16-24(22)32-27(23)29;/h5-16H,17-18H2,1-4H3;1H/q+1;/p-1. The summed E-state index contributed by atoms with van der Waals surface area (Å²) < 4.78 is 17.1. The zero-order chi connectivity index (χ0) is 22.7. The molecule has 5 nitrogen and oxygen atoms in total. The number of methoxy groups -OCH3 is 2. The molecule has 6 heteroatoms. The summed E-state index contributed by atoms with van der Waals surface area (Å²) in [5.41, 5.74) is 3.97. The van der Waals surface area contributed by atoms with Gasteiger partial charge in [-0.2, -0.15) is 0 Å². The first-order chi connectivity index (χ1) is 15.4. The second-order valence-electron chi connectivity index (χ2n) is 8.63. The van der Waals surface area contributed by atoms with Crippen LogP contribution in [0.1, 0.15) is 11.1 Å². The quantitative estimate of drug-likeness (QED) is 0.199. The summed E-state index contributed by atoms with van der Waals surface area (Å²) in [6.45, 7) is 1.83. The first-order valence-electron chi connectivity index (χ1n) is 10.5. The van der Waals surface area contributed by atoms with E-state index in [1.165, 1.54) is 11.1 Å². The molecule has 0 aliphatic carbocycles. The summed E-state index contributed by atoms with van der Waals surface area (Å²) in [5.74, 6) is 1.12. The van der Waals surface area contributed by atoms with E-state index in [0.717, 1.165) is 28.5 Å². The maximum Gasteiger partial charge on any atom is 0.344 e. The van der Waals surface area contributed by atoms with Crippen LogP contribution in [-0.2, 0) is 13.1 Å². The van der Waals surface area contributed by atoms with Gasteiger partial charge in [-0.25, -0.2) is 4.79 Å². The molecule has 33 heavy (non-hydrogen) atoms. The SMILES string of the molecule is COc1cc2cc(-c3ccc(C[N+](C)(C)Cc4ccccc4)cc3)c(=O)oc2cc1OC.[I-]. The van der Waals surface area contributed by atoms with Gasteiger partial charge in [0.1, 0.15) is 18.7 Å². The highest BCUT2D eigenvalue weighted by Gasteiger charge is 2.17. The van der Waals surface area contributed by atoms with Crippen LogP contribution in [0.4, 0.5) is 0 Å². The average molecular weight is 557 g/mol. The van der Waals surface area contributed by atoms with E-state index in [4.69, 9.17) is 13.9 Å². The van der Waals surface area contributed by atoms with Gasteiger partial charge in [-0.1, -0.05) is 54.6 Å². The Kier molecular flexibility index (Phi) is 7.81. The molecule has 0 saturated heterocycles. The van der Waals surface area contributed by atoms with Crippen molar-refractivity contribution < 1.29 is 42.4 Å². The van der Waals surface area contributed by atoms with Crippen LogP contribution >= 0.6 is 0 Å². The second kappa shape index (κ2) is 10.4. The number of quaternary nitrogens is 1. The molecule has 4 aromatic rings. The van der Waals surface area contributed by atoms with Crippen LogP contribution in [0.25, 0.3) is 22.1 Å². The number of nitrogens with zero attached hydrogens (tertiary/aromatic N) is 1. The fourth-order valence-electron chi connectivity index (χ4n) is 4.07. The Bertz CT molecular complexity index is 1280. The summed E-state index contributed by atoms with van der Waals surface area (Å²) in [6.07, 6.45) is 0. The van der Waals surface area contributed by atoms with Crippen molar-refractivity contribution in [3.63, 3.8) is 0 Å². The number of hydrogen-bond acceptors (Lipinski definition) is 4. The summed E-state index contributed by atoms with van der Waals surface area (Å²) >= 11 is 0. The van der Waals surface area contributed by atoms with Crippen LogP contribution in [0.15, 0.2) is 82.0 Å². The average Bonchev–Trinajstić information content (AvgIpc) is 2.78. The highest BCUT2D eigenvalue weighted by Crippen LogP contribution is 2.33. The number of fused-ring (bicyclic) bond motifs is 1. The predicted octanol–water partition coefficient (Wildman–Crippen LogP) is 2.26. The minimum atomic E-state index is -0.377. The van der Waals surface area contributed by atoms with E-state index in [1.807, 2.05) is 30.3 Å². The number of hydrogen-bond donors (Lipinski definition) is 0. The molecule has 0 aliphatic rings. The van der Waals surface area contributed by atoms with Gasteiger partial charge in [0.05, 0.1) is 33.9 Å². The Hall–Kier alpha value is -2.84. The third-order valence-electron chi connectivity index (χ3n) is 5.57. The van der Waals surface area contributed by atoms with Crippen molar-refractivity contribution >= 4 is 11.0 Å². The molecule has 0 radical (unpaired) electrons. The van der Waals surface area contributed by atoms with Gasteiger partial charge < -0.3 is 42.4 Å². The molecule has 0 spiro atoms. The van der Waals surface area contributed by atoms with Crippen molar-refractivity contribution in [1.82, 2.24) is 0 Å². The van der Waals surface area contributed by atoms with Gasteiger partial charge in [-0.05, 0) is 17.7 Å². The lowest BCUT2D eigenvalue weighted by molar-refractivity contribution is -0.916. The van der Waals surface area contributed by atoms with E-state index >= 15 is 0 Å². The monoisotopic (exact) mass is 557 g/mol. The molecule has 1 aromatic heterocycles. The minimum Gasteiger partial charge on any atom is -1.00 e. The zero-order valence-electron chi connectivity index (χ0n) is 19.3. The third kappa shape index (κ3) is 5.75. The van der Waals surface area contributed by atoms with E-state index in [2.05, 4.69) is 50.5 Å². The topological polar surface area (TPSA) is 48.7 Å². The lowest BCUT2D eigenvalue weighted by Crippen LogP contribution is -3.00. The first kappa shape index (κ1) is 24.8. The van der Waals surface area contributed by atoms with Crippen molar-refractivity contribution in [2.75, 3.05) is 28.3 Å². The summed E-state index contributed by atoms with van der Waals surface area (Å²) in [5, 5.41) is 0.780. The van der Waals surface area contributed by atoms with E-state index in [1.54, 1.807) is 20.3 Å². The summed E-state index contributed by atoms with van der Waals surface area (Å²) in [7, 11) is 7.58. The minimum absolute atomic E-state index is 0. The first-order valence-corrected chi connectivity index (χ1v) is 10.5. The molecule has 0 bridgehead atoms. The molecular formula is C27H28INO4. The van der Waals surface area contributed by atoms with E-state index in [9.17, 15) is 4.79 Å². The maximum atomic E-state index is 12.7. The Morgan fingerprint density at radius 1 is 0.788 bits per heavy atom. The molecule has 0 unspecified atom stereocenters. The highest BCUT2D eigenvalue weighted by molar-refractivity contribution is 5.84. The van der Waals surface area contributed by atoms with E-state index in [0.29, 0.717) is 22.6 Å². The Balaban J connectivity index is 0.00000306. The van der Waals surface area contributed by atoms with E-state index < -0.39 is 0 Å². The highest BCUT2D eigenvalue weighted by atomic mass is 127. The number of benzene rings is 3. The molecule has 0 saturated carbocycles. The molecule has 0 N–H and O–H groups in total. The molecule has 4 rings (SSSR count). The van der Waals surface area contributed by atoms with Crippen LogP contribution in [0.5, 0.6) is 11.5 Å². The maximum absolute atomic E-state index is 12.7. The van der Waals surface area contributed by atoms with Crippen molar-refractivity contribution in [2.24, 2.45) is 0 Å². The van der Waals surface area contributed by atoms with Crippen molar-refractivity contribution in [3.8, 4) is 22.6 Å². The van der Waals surface area contributed by atoms with Gasteiger partial charge in [0.15, 0.2) is 11.5 Å². The smallest absolute Gasteiger partial charge is 0.344 e. The second-order valence-corrected chi connectivity index (χ2v) is 8.63. The summed E-state index contributed by atoms with van der Waals surface area (Å²) in [4.78, 5) is 12.7. The van der Waals surface area contributed by atoms with Gasteiger partial charge >= 0.3 is 5.63 Å². The lowest BCUT2D eigenvalue weighted by Gasteiger charge is -2.30. The van der Waals surface area contributed by atoms with Gasteiger partial charge in [0.25, 0.3) is 0 Å². The molecule has 0 amide bonds. The number of rotatable bonds is 7. The van der Waals surface area contributed by atoms with Crippen molar-refractivity contribution in [1.29, 1.82) is 0 Å². The molecule has 172 valence electrons. The molecule has 1 heterocycles. The Morgan fingerprint density at radius 3 is 1.97 bits per heavy atom. The predicted molar refractivity (Wildman–Crippen MR) is 127 cm³/mol. The van der Waals surface area contributed by atoms with Crippen molar-refractivity contribution in [3.05, 3.63) is 94.3 Å². The van der Waals surface area contributed by atoms with Gasteiger partial charge in [-0.15, -0.1) is 0 Å². The molecule has 0 aliphatic heterocycles. The molecule has 0 fully saturated rings. The normalized spacial score (nSPS) is 11.2. The lowest BCUT2D eigenvalue weighted by atomic mass is 10.0. The molecule has 3 aromatic carbocycles. The number of ether oxygens (including phenoxy) is 2. The van der Waals surface area contributed by atoms with Crippen LogP contribution < -0.4 is 39.1 Å². The Labute approximate surface area is 211 Å². The molecule has 0 atom stereocenters. The Morgan fingerprint density at radius 2 is 1.36 bits per heavy atom. The van der Waals surface area contributed by atoms with Crippen molar-refractivity contribution in [2.45, 2.75) is 13.1 Å². The van der Waals surface area contributed by atoms with Crippen LogP contribution in [0.3, 0.4) is 0 Å². The fraction of sp³-hybridized carbons (Fsp3) is 0.222. The summed E-state index contributed by atoms with van der Waals surface area (Å²) in [6, 6.07) is 24.0.